The van der Waals surface area contributed by atoms with Gasteiger partial charge in [-0.1, -0.05) is 12.1 Å². The minimum Gasteiger partial charge on any atom is -0.496 e. The van der Waals surface area contributed by atoms with Crippen LogP contribution in [0.5, 0.6) is 5.75 Å². The Hall–Kier alpha value is -1.58. The average Bonchev–Trinajstić information content (AvgIpc) is 2.26. The zero-order chi connectivity index (χ0) is 12.3. The molecule has 0 heterocycles. The Morgan fingerprint density at radius 1 is 1.44 bits per heavy atom. The van der Waals surface area contributed by atoms with Crippen LogP contribution in [-0.2, 0) is 4.79 Å². The number of ether oxygens (including phenoxy) is 1. The van der Waals surface area contributed by atoms with Gasteiger partial charge in [-0.3, -0.25) is 4.79 Å². The number of halogens is 1. The molecule has 16 heavy (non-hydrogen) atoms. The van der Waals surface area contributed by atoms with Gasteiger partial charge in [0.05, 0.1) is 13.0 Å². The first kappa shape index (κ1) is 12.5. The van der Waals surface area contributed by atoms with Gasteiger partial charge < -0.3 is 9.84 Å². The summed E-state index contributed by atoms with van der Waals surface area (Å²) in [6, 6.07) is 4.88. The monoisotopic (exact) mass is 226 g/mol. The number of methoxy groups -OCH3 is 1. The second-order valence-corrected chi connectivity index (χ2v) is 3.64. The van der Waals surface area contributed by atoms with Crippen LogP contribution in [0, 0.1) is 0 Å². The van der Waals surface area contributed by atoms with Crippen LogP contribution >= 0.6 is 0 Å². The fourth-order valence-electron chi connectivity index (χ4n) is 1.67. The van der Waals surface area contributed by atoms with Gasteiger partial charge in [-0.25, -0.2) is 4.39 Å². The third-order valence-electron chi connectivity index (χ3n) is 2.55. The fraction of sp³-hybridized carbons (Fsp3) is 0.417. The van der Waals surface area contributed by atoms with Crippen molar-refractivity contribution < 1.29 is 19.0 Å². The van der Waals surface area contributed by atoms with Crippen molar-refractivity contribution in [3.05, 3.63) is 29.3 Å². The number of benzene rings is 1. The lowest BCUT2D eigenvalue weighted by Crippen LogP contribution is -2.12. The molecule has 0 bridgehead atoms. The van der Waals surface area contributed by atoms with E-state index >= 15 is 0 Å². The van der Waals surface area contributed by atoms with Gasteiger partial charge in [0.15, 0.2) is 0 Å². The quantitative estimate of drug-likeness (QED) is 0.858. The van der Waals surface area contributed by atoms with Crippen molar-refractivity contribution in [2.75, 3.05) is 7.11 Å². The van der Waals surface area contributed by atoms with Crippen LogP contribution in [0.1, 0.15) is 37.1 Å². The number of carbonyl (C=O) groups is 1. The van der Waals surface area contributed by atoms with Crippen LogP contribution < -0.4 is 4.74 Å². The first-order valence-corrected chi connectivity index (χ1v) is 5.02. The number of carboxylic acids is 1. The summed E-state index contributed by atoms with van der Waals surface area (Å²) in [5, 5.41) is 8.98. The average molecular weight is 226 g/mol. The molecule has 0 aliphatic heterocycles. The highest BCUT2D eigenvalue weighted by Gasteiger charge is 2.23. The summed E-state index contributed by atoms with van der Waals surface area (Å²) in [5.74, 6) is -1.37. The number of carboxylic acid groups (broad SMARTS) is 1. The third-order valence-corrected chi connectivity index (χ3v) is 2.55. The van der Waals surface area contributed by atoms with Crippen LogP contribution in [-0.4, -0.2) is 18.2 Å². The first-order chi connectivity index (χ1) is 7.49. The van der Waals surface area contributed by atoms with Gasteiger partial charge in [-0.15, -0.1) is 0 Å². The van der Waals surface area contributed by atoms with Crippen LogP contribution in [0.25, 0.3) is 0 Å². The number of aliphatic carboxylic acids is 1. The second kappa shape index (κ2) is 4.96. The number of hydrogen-bond acceptors (Lipinski definition) is 2. The summed E-state index contributed by atoms with van der Waals surface area (Å²) in [6.07, 6.45) is -1.22. The maximum Gasteiger partial charge on any atom is 0.310 e. The molecule has 1 aromatic rings. The highest BCUT2D eigenvalue weighted by Crippen LogP contribution is 2.34. The molecule has 0 aliphatic rings. The van der Waals surface area contributed by atoms with Crippen molar-refractivity contribution in [2.45, 2.75) is 25.9 Å². The predicted octanol–water partition coefficient (Wildman–Crippen LogP) is 2.91. The van der Waals surface area contributed by atoms with Crippen molar-refractivity contribution in [3.63, 3.8) is 0 Å². The molecule has 1 rings (SSSR count). The lowest BCUT2D eigenvalue weighted by molar-refractivity contribution is -0.138. The van der Waals surface area contributed by atoms with E-state index in [0.717, 1.165) is 0 Å². The van der Waals surface area contributed by atoms with Crippen molar-refractivity contribution in [1.82, 2.24) is 0 Å². The van der Waals surface area contributed by atoms with E-state index in [4.69, 9.17) is 9.84 Å². The Labute approximate surface area is 93.9 Å². The molecule has 0 fully saturated rings. The largest absolute Gasteiger partial charge is 0.496 e. The van der Waals surface area contributed by atoms with E-state index in [1.165, 1.54) is 21.0 Å². The SMILES string of the molecule is COc1cccc(C(C)F)c1C(C)C(=O)O. The minimum absolute atomic E-state index is 0.370. The predicted molar refractivity (Wildman–Crippen MR) is 58.6 cm³/mol. The van der Waals surface area contributed by atoms with Crippen molar-refractivity contribution in [1.29, 1.82) is 0 Å². The third kappa shape index (κ3) is 2.32. The highest BCUT2D eigenvalue weighted by molar-refractivity contribution is 5.77. The zero-order valence-corrected chi connectivity index (χ0v) is 9.53. The van der Waals surface area contributed by atoms with E-state index in [1.807, 2.05) is 0 Å². The van der Waals surface area contributed by atoms with Gasteiger partial charge in [0.2, 0.25) is 0 Å². The normalized spacial score (nSPS) is 14.2. The number of hydrogen-bond donors (Lipinski definition) is 1. The molecule has 3 nitrogen and oxygen atoms in total. The van der Waals surface area contributed by atoms with Crippen LogP contribution in [0.3, 0.4) is 0 Å². The molecular formula is C12H15FO3. The molecule has 0 aromatic heterocycles. The van der Waals surface area contributed by atoms with E-state index < -0.39 is 18.1 Å². The number of rotatable bonds is 4. The van der Waals surface area contributed by atoms with E-state index in [1.54, 1.807) is 18.2 Å². The molecule has 2 unspecified atom stereocenters. The minimum atomic E-state index is -1.22. The summed E-state index contributed by atoms with van der Waals surface area (Å²) >= 11 is 0. The zero-order valence-electron chi connectivity index (χ0n) is 9.53. The molecule has 88 valence electrons. The maximum absolute atomic E-state index is 13.4. The summed E-state index contributed by atoms with van der Waals surface area (Å²) in [7, 11) is 1.44. The smallest absolute Gasteiger partial charge is 0.310 e. The Morgan fingerprint density at radius 3 is 2.50 bits per heavy atom. The molecule has 2 atom stereocenters. The molecule has 4 heteroatoms. The second-order valence-electron chi connectivity index (χ2n) is 3.64. The highest BCUT2D eigenvalue weighted by atomic mass is 19.1. The standard InChI is InChI=1S/C12H15FO3/c1-7(12(14)15)11-9(8(2)13)5-4-6-10(11)16-3/h4-8H,1-3H3,(H,14,15). The van der Waals surface area contributed by atoms with Gasteiger partial charge >= 0.3 is 5.97 Å². The lowest BCUT2D eigenvalue weighted by atomic mass is 9.92. The summed E-state index contributed by atoms with van der Waals surface area (Å²) < 4.78 is 18.5. The van der Waals surface area contributed by atoms with Gasteiger partial charge in [0.1, 0.15) is 11.9 Å². The molecule has 1 aromatic carbocycles. The maximum atomic E-state index is 13.4. The van der Waals surface area contributed by atoms with Crippen LogP contribution in [0.4, 0.5) is 4.39 Å². The molecule has 0 radical (unpaired) electrons. The fourth-order valence-corrected chi connectivity index (χ4v) is 1.67. The topological polar surface area (TPSA) is 46.5 Å². The molecule has 0 saturated carbocycles. The van der Waals surface area contributed by atoms with Crippen LogP contribution in [0.15, 0.2) is 18.2 Å². The Bertz CT molecular complexity index is 388. The van der Waals surface area contributed by atoms with Gasteiger partial charge in [0.25, 0.3) is 0 Å². The van der Waals surface area contributed by atoms with Crippen molar-refractivity contribution >= 4 is 5.97 Å². The van der Waals surface area contributed by atoms with Gasteiger partial charge in [0, 0.05) is 5.56 Å². The van der Waals surface area contributed by atoms with E-state index in [2.05, 4.69) is 0 Å². The van der Waals surface area contributed by atoms with Crippen molar-refractivity contribution in [3.8, 4) is 5.75 Å². The van der Waals surface area contributed by atoms with Crippen molar-refractivity contribution in [2.24, 2.45) is 0 Å². The van der Waals surface area contributed by atoms with Gasteiger partial charge in [-0.2, -0.15) is 0 Å². The molecule has 0 spiro atoms. The summed E-state index contributed by atoms with van der Waals surface area (Å²) in [5.41, 5.74) is 0.779. The molecule has 0 amide bonds. The van der Waals surface area contributed by atoms with E-state index in [-0.39, 0.29) is 0 Å². The Balaban J connectivity index is 3.35. The molecular weight excluding hydrogens is 211 g/mol. The van der Waals surface area contributed by atoms with E-state index in [9.17, 15) is 9.18 Å². The lowest BCUT2D eigenvalue weighted by Gasteiger charge is -2.17. The summed E-state index contributed by atoms with van der Waals surface area (Å²) in [4.78, 5) is 11.0. The van der Waals surface area contributed by atoms with Crippen LogP contribution in [0.2, 0.25) is 0 Å². The Kier molecular flexibility index (Phi) is 3.88. The molecule has 1 N–H and O–H groups in total. The molecule has 0 saturated heterocycles. The summed E-state index contributed by atoms with van der Waals surface area (Å²) in [6.45, 7) is 2.90. The first-order valence-electron chi connectivity index (χ1n) is 5.02. The molecule has 0 aliphatic carbocycles. The van der Waals surface area contributed by atoms with Gasteiger partial charge in [-0.05, 0) is 25.5 Å². The van der Waals surface area contributed by atoms with E-state index in [0.29, 0.717) is 16.9 Å². The number of alkyl halides is 1. The Morgan fingerprint density at radius 2 is 2.06 bits per heavy atom.